The summed E-state index contributed by atoms with van der Waals surface area (Å²) in [6.07, 6.45) is 3.30. The molecule has 3 nitrogen and oxygen atoms in total. The molecule has 78 valence electrons. The minimum Gasteiger partial charge on any atom is -0.380 e. The fraction of sp³-hybridized carbons (Fsp3) is 0.250. The van der Waals surface area contributed by atoms with Crippen molar-refractivity contribution in [1.82, 2.24) is 4.57 Å². The van der Waals surface area contributed by atoms with Gasteiger partial charge in [0.1, 0.15) is 12.3 Å². The number of rotatable bonds is 2. The zero-order valence-corrected chi connectivity index (χ0v) is 8.96. The Hall–Kier alpha value is -1.61. The Bertz CT molecular complexity index is 448. The molecule has 2 aromatic rings. The Kier molecular flexibility index (Phi) is 2.56. The van der Waals surface area contributed by atoms with Gasteiger partial charge in [-0.2, -0.15) is 0 Å². The summed E-state index contributed by atoms with van der Waals surface area (Å²) < 4.78 is 3.86. The van der Waals surface area contributed by atoms with Crippen molar-refractivity contribution in [3.63, 3.8) is 0 Å². The van der Waals surface area contributed by atoms with Crippen molar-refractivity contribution in [2.75, 3.05) is 0 Å². The van der Waals surface area contributed by atoms with E-state index in [1.807, 2.05) is 66.1 Å². The third-order valence-electron chi connectivity index (χ3n) is 2.49. The van der Waals surface area contributed by atoms with Crippen LogP contribution in [0.5, 0.6) is 0 Å². The molecule has 0 aliphatic rings. The zero-order chi connectivity index (χ0) is 10.8. The number of aliphatic hydroxyl groups is 1. The molecule has 0 aliphatic heterocycles. The van der Waals surface area contributed by atoms with Crippen LogP contribution >= 0.6 is 0 Å². The van der Waals surface area contributed by atoms with Crippen LogP contribution in [-0.4, -0.2) is 9.67 Å². The van der Waals surface area contributed by atoms with Gasteiger partial charge in [-0.1, -0.05) is 30.3 Å². The first-order chi connectivity index (χ1) is 7.18. The van der Waals surface area contributed by atoms with E-state index in [-0.39, 0.29) is 0 Å². The zero-order valence-electron chi connectivity index (χ0n) is 8.96. The summed E-state index contributed by atoms with van der Waals surface area (Å²) in [5, 5.41) is 10.2. The molecule has 1 aromatic carbocycles. The third-order valence-corrected chi connectivity index (χ3v) is 2.49. The van der Waals surface area contributed by atoms with Crippen molar-refractivity contribution >= 4 is 0 Å². The molecule has 2 rings (SSSR count). The lowest BCUT2D eigenvalue weighted by atomic mass is 10.1. The van der Waals surface area contributed by atoms with Crippen molar-refractivity contribution in [1.29, 1.82) is 0 Å². The van der Waals surface area contributed by atoms with Crippen LogP contribution in [-0.2, 0) is 14.1 Å². The number of nitrogens with zero attached hydrogens (tertiary/aromatic N) is 2. The lowest BCUT2D eigenvalue weighted by molar-refractivity contribution is -0.671. The summed E-state index contributed by atoms with van der Waals surface area (Å²) in [5.41, 5.74) is 1.81. The van der Waals surface area contributed by atoms with E-state index in [4.69, 9.17) is 0 Å². The maximum atomic E-state index is 10.2. The van der Waals surface area contributed by atoms with E-state index in [2.05, 4.69) is 0 Å². The summed E-state index contributed by atoms with van der Waals surface area (Å²) >= 11 is 0. The number of hydrogen-bond donors (Lipinski definition) is 1. The van der Waals surface area contributed by atoms with E-state index in [1.165, 1.54) is 0 Å². The van der Waals surface area contributed by atoms with Gasteiger partial charge in [0.25, 0.3) is 0 Å². The van der Waals surface area contributed by atoms with Crippen LogP contribution in [0.1, 0.15) is 17.4 Å². The van der Waals surface area contributed by atoms with Crippen LogP contribution in [0.2, 0.25) is 0 Å². The first kappa shape index (κ1) is 9.93. The van der Waals surface area contributed by atoms with Gasteiger partial charge in [0.15, 0.2) is 5.69 Å². The van der Waals surface area contributed by atoms with E-state index in [1.54, 1.807) is 0 Å². The van der Waals surface area contributed by atoms with Crippen molar-refractivity contribution < 1.29 is 9.67 Å². The molecule has 1 atom stereocenters. The van der Waals surface area contributed by atoms with Crippen LogP contribution < -0.4 is 4.57 Å². The minimum atomic E-state index is -0.558. The Morgan fingerprint density at radius 1 is 1.27 bits per heavy atom. The Morgan fingerprint density at radius 2 is 1.93 bits per heavy atom. The average Bonchev–Trinajstić information content (AvgIpc) is 2.58. The highest BCUT2D eigenvalue weighted by atomic mass is 16.3. The monoisotopic (exact) mass is 203 g/mol. The van der Waals surface area contributed by atoms with Gasteiger partial charge in [-0.3, -0.25) is 0 Å². The number of benzene rings is 1. The predicted molar refractivity (Wildman–Crippen MR) is 57.1 cm³/mol. The maximum Gasteiger partial charge on any atom is 0.243 e. The highest BCUT2D eigenvalue weighted by Gasteiger charge is 2.19. The Balaban J connectivity index is 2.36. The van der Waals surface area contributed by atoms with Crippen LogP contribution in [0.4, 0.5) is 0 Å². The minimum absolute atomic E-state index is 0.558. The van der Waals surface area contributed by atoms with Gasteiger partial charge in [0, 0.05) is 0 Å². The number of imidazole rings is 1. The van der Waals surface area contributed by atoms with Gasteiger partial charge in [0.05, 0.1) is 14.1 Å². The molecule has 0 spiro atoms. The van der Waals surface area contributed by atoms with Crippen LogP contribution in [0.15, 0.2) is 42.9 Å². The van der Waals surface area contributed by atoms with Gasteiger partial charge in [0.2, 0.25) is 6.33 Å². The van der Waals surface area contributed by atoms with E-state index < -0.39 is 6.10 Å². The molecular formula is C12H15N2O+. The van der Waals surface area contributed by atoms with Crippen LogP contribution in [0, 0.1) is 0 Å². The molecule has 0 saturated heterocycles. The molecule has 0 saturated carbocycles. The lowest BCUT2D eigenvalue weighted by Gasteiger charge is -2.06. The molecule has 0 unspecified atom stereocenters. The summed E-state index contributed by atoms with van der Waals surface area (Å²) in [4.78, 5) is 0. The van der Waals surface area contributed by atoms with E-state index in [0.717, 1.165) is 11.3 Å². The maximum absolute atomic E-state index is 10.2. The molecular weight excluding hydrogens is 188 g/mol. The Labute approximate surface area is 89.2 Å². The largest absolute Gasteiger partial charge is 0.380 e. The molecule has 1 aromatic heterocycles. The van der Waals surface area contributed by atoms with Crippen LogP contribution in [0.3, 0.4) is 0 Å². The number of aliphatic hydroxyl groups excluding tert-OH is 1. The second kappa shape index (κ2) is 3.87. The second-order valence-electron chi connectivity index (χ2n) is 3.76. The molecule has 0 aliphatic carbocycles. The molecule has 0 fully saturated rings. The van der Waals surface area contributed by atoms with Gasteiger partial charge < -0.3 is 5.11 Å². The average molecular weight is 203 g/mol. The fourth-order valence-electron chi connectivity index (χ4n) is 1.74. The van der Waals surface area contributed by atoms with E-state index >= 15 is 0 Å². The van der Waals surface area contributed by atoms with Gasteiger partial charge >= 0.3 is 0 Å². The molecule has 1 N–H and O–H groups in total. The molecule has 1 heterocycles. The van der Waals surface area contributed by atoms with Crippen LogP contribution in [0.25, 0.3) is 0 Å². The van der Waals surface area contributed by atoms with Crippen molar-refractivity contribution in [2.24, 2.45) is 14.1 Å². The van der Waals surface area contributed by atoms with Crippen molar-refractivity contribution in [2.45, 2.75) is 6.10 Å². The highest BCUT2D eigenvalue weighted by Crippen LogP contribution is 2.19. The smallest absolute Gasteiger partial charge is 0.243 e. The van der Waals surface area contributed by atoms with E-state index in [0.29, 0.717) is 0 Å². The standard InChI is InChI=1S/C12H15N2O/c1-13-8-11(14(2)9-13)12(15)10-6-4-3-5-7-10/h3-9,12,15H,1-2H3/q+1/t12-/m1/s1. The van der Waals surface area contributed by atoms with Crippen molar-refractivity contribution in [3.8, 4) is 0 Å². The van der Waals surface area contributed by atoms with E-state index in [9.17, 15) is 5.11 Å². The summed E-state index contributed by atoms with van der Waals surface area (Å²) in [5.74, 6) is 0. The molecule has 15 heavy (non-hydrogen) atoms. The SMILES string of the molecule is Cn1c[n+](C)cc1[C@H](O)c1ccccc1. The molecule has 3 heteroatoms. The molecule has 0 radical (unpaired) electrons. The van der Waals surface area contributed by atoms with Gasteiger partial charge in [-0.05, 0) is 5.56 Å². The summed E-state index contributed by atoms with van der Waals surface area (Å²) in [7, 11) is 3.88. The first-order valence-electron chi connectivity index (χ1n) is 4.93. The van der Waals surface area contributed by atoms with Gasteiger partial charge in [-0.15, -0.1) is 0 Å². The first-order valence-corrected chi connectivity index (χ1v) is 4.93. The quantitative estimate of drug-likeness (QED) is 0.723. The third kappa shape index (κ3) is 1.92. The van der Waals surface area contributed by atoms with Gasteiger partial charge in [-0.25, -0.2) is 9.13 Å². The van der Waals surface area contributed by atoms with Crippen molar-refractivity contribution in [3.05, 3.63) is 54.1 Å². The highest BCUT2D eigenvalue weighted by molar-refractivity contribution is 5.23. The normalized spacial score (nSPS) is 12.7. The summed E-state index contributed by atoms with van der Waals surface area (Å²) in [6.45, 7) is 0. The number of aromatic nitrogens is 2. The number of aryl methyl sites for hydroxylation is 2. The second-order valence-corrected chi connectivity index (χ2v) is 3.76. The summed E-state index contributed by atoms with van der Waals surface area (Å²) in [6, 6.07) is 9.67. The molecule has 0 amide bonds. The lowest BCUT2D eigenvalue weighted by Crippen LogP contribution is -2.23. The molecule has 0 bridgehead atoms. The predicted octanol–water partition coefficient (Wildman–Crippen LogP) is 0.931. The Morgan fingerprint density at radius 3 is 2.47 bits per heavy atom. The fourth-order valence-corrected chi connectivity index (χ4v) is 1.74. The number of hydrogen-bond acceptors (Lipinski definition) is 1. The topological polar surface area (TPSA) is 29.0 Å².